The first-order valence-corrected chi connectivity index (χ1v) is 11.3. The van der Waals surface area contributed by atoms with E-state index in [9.17, 15) is 26.4 Å². The fourth-order valence-corrected chi connectivity index (χ4v) is 4.96. The number of halogens is 4. The summed E-state index contributed by atoms with van der Waals surface area (Å²) in [5.74, 6) is -1.13. The number of ether oxygens (including phenoxy) is 1. The summed E-state index contributed by atoms with van der Waals surface area (Å²) in [5.41, 5.74) is 0.129. The van der Waals surface area contributed by atoms with Gasteiger partial charge >= 0.3 is 6.36 Å². The number of amides is 1. The molecule has 1 heterocycles. The fraction of sp³-hybridized carbons (Fsp3) is 0.350. The Bertz CT molecular complexity index is 1040. The number of carbonyl (C=O) groups excluding carboxylic acids is 1. The number of nitrogens with zero attached hydrogens (tertiary/aromatic N) is 1. The van der Waals surface area contributed by atoms with Crippen molar-refractivity contribution in [3.63, 3.8) is 0 Å². The van der Waals surface area contributed by atoms with Crippen molar-refractivity contribution < 1.29 is 31.1 Å². The van der Waals surface area contributed by atoms with Gasteiger partial charge in [0.2, 0.25) is 10.0 Å². The van der Waals surface area contributed by atoms with Crippen LogP contribution >= 0.6 is 11.6 Å². The zero-order chi connectivity index (χ0) is 22.6. The van der Waals surface area contributed by atoms with Gasteiger partial charge in [-0.25, -0.2) is 8.42 Å². The van der Waals surface area contributed by atoms with Gasteiger partial charge in [-0.2, -0.15) is 4.31 Å². The van der Waals surface area contributed by atoms with Gasteiger partial charge < -0.3 is 10.1 Å². The van der Waals surface area contributed by atoms with Crippen LogP contribution in [0.15, 0.2) is 47.4 Å². The molecule has 6 nitrogen and oxygen atoms in total. The predicted octanol–water partition coefficient (Wildman–Crippen LogP) is 5.06. The summed E-state index contributed by atoms with van der Waals surface area (Å²) in [5, 5.41) is 2.53. The highest BCUT2D eigenvalue weighted by molar-refractivity contribution is 7.89. The van der Waals surface area contributed by atoms with Crippen LogP contribution in [0.4, 0.5) is 18.9 Å². The lowest BCUT2D eigenvalue weighted by atomic mass is 10.2. The molecule has 1 amide bonds. The van der Waals surface area contributed by atoms with Crippen LogP contribution in [0.2, 0.25) is 5.02 Å². The van der Waals surface area contributed by atoms with E-state index in [-0.39, 0.29) is 21.2 Å². The fourth-order valence-electron chi connectivity index (χ4n) is 3.21. The van der Waals surface area contributed by atoms with Crippen molar-refractivity contribution in [2.24, 2.45) is 0 Å². The lowest BCUT2D eigenvalue weighted by Gasteiger charge is -2.20. The third-order valence-corrected chi connectivity index (χ3v) is 6.96. The van der Waals surface area contributed by atoms with Crippen molar-refractivity contribution >= 4 is 33.2 Å². The van der Waals surface area contributed by atoms with Crippen molar-refractivity contribution in [3.8, 4) is 5.75 Å². The molecule has 2 aromatic rings. The number of hydrogen-bond donors (Lipinski definition) is 1. The van der Waals surface area contributed by atoms with Crippen LogP contribution in [0.25, 0.3) is 0 Å². The van der Waals surface area contributed by atoms with Gasteiger partial charge in [0.25, 0.3) is 5.91 Å². The largest absolute Gasteiger partial charge is 0.573 e. The Kier molecular flexibility index (Phi) is 7.13. The molecule has 1 saturated heterocycles. The van der Waals surface area contributed by atoms with E-state index in [1.165, 1.54) is 34.6 Å². The smallest absolute Gasteiger partial charge is 0.406 e. The lowest BCUT2D eigenvalue weighted by molar-refractivity contribution is -0.274. The molecule has 0 spiro atoms. The minimum Gasteiger partial charge on any atom is -0.406 e. The van der Waals surface area contributed by atoms with Gasteiger partial charge in [0.15, 0.2) is 0 Å². The first-order valence-electron chi connectivity index (χ1n) is 9.53. The molecule has 0 unspecified atom stereocenters. The minimum absolute atomic E-state index is 0.0436. The second kappa shape index (κ2) is 9.46. The molecular weight excluding hydrogens is 457 g/mol. The quantitative estimate of drug-likeness (QED) is 0.654. The molecule has 2 aromatic carbocycles. The van der Waals surface area contributed by atoms with Crippen LogP contribution in [0.5, 0.6) is 5.75 Å². The van der Waals surface area contributed by atoms with Gasteiger partial charge in [0, 0.05) is 18.8 Å². The molecule has 168 valence electrons. The monoisotopic (exact) mass is 476 g/mol. The maximum atomic E-state index is 13.0. The first kappa shape index (κ1) is 23.4. The number of rotatable bonds is 5. The number of hydrogen-bond acceptors (Lipinski definition) is 4. The van der Waals surface area contributed by atoms with E-state index in [1.807, 2.05) is 0 Å². The molecule has 0 atom stereocenters. The average molecular weight is 477 g/mol. The van der Waals surface area contributed by atoms with Gasteiger partial charge in [0.05, 0.1) is 15.5 Å². The molecule has 1 N–H and O–H groups in total. The van der Waals surface area contributed by atoms with Crippen LogP contribution in [0.1, 0.15) is 36.0 Å². The summed E-state index contributed by atoms with van der Waals surface area (Å²) in [6.07, 6.45) is -1.35. The van der Waals surface area contributed by atoms with E-state index in [0.717, 1.165) is 37.8 Å². The van der Waals surface area contributed by atoms with Gasteiger partial charge in [-0.15, -0.1) is 13.2 Å². The van der Waals surface area contributed by atoms with E-state index in [4.69, 9.17) is 11.6 Å². The van der Waals surface area contributed by atoms with Crippen molar-refractivity contribution in [2.45, 2.75) is 36.9 Å². The van der Waals surface area contributed by atoms with Crippen LogP contribution < -0.4 is 10.1 Å². The lowest BCUT2D eigenvalue weighted by Crippen LogP contribution is -2.32. The van der Waals surface area contributed by atoms with Gasteiger partial charge in [-0.05, 0) is 55.3 Å². The summed E-state index contributed by atoms with van der Waals surface area (Å²) in [7, 11) is -3.78. The van der Waals surface area contributed by atoms with Gasteiger partial charge in [0.1, 0.15) is 5.75 Å². The average Bonchev–Trinajstić information content (AvgIpc) is 2.98. The molecule has 3 rings (SSSR count). The molecule has 1 aliphatic heterocycles. The van der Waals surface area contributed by atoms with Crippen LogP contribution in [-0.4, -0.2) is 38.1 Å². The van der Waals surface area contributed by atoms with Crippen molar-refractivity contribution in [1.82, 2.24) is 4.31 Å². The van der Waals surface area contributed by atoms with E-state index >= 15 is 0 Å². The Morgan fingerprint density at radius 1 is 1.00 bits per heavy atom. The standard InChI is InChI=1S/C20H20ClF3N2O4S/c21-18-10-9-16(31(28,29)26-11-3-1-2-4-12-26)13-17(18)19(27)25-14-5-7-15(8-6-14)30-20(22,23)24/h5-10,13H,1-4,11-12H2,(H,25,27). The third kappa shape index (κ3) is 6.11. The number of alkyl halides is 3. The molecule has 0 aromatic heterocycles. The second-order valence-electron chi connectivity index (χ2n) is 6.99. The molecule has 0 bridgehead atoms. The van der Waals surface area contributed by atoms with E-state index < -0.39 is 28.0 Å². The normalized spacial score (nSPS) is 15.9. The Hall–Kier alpha value is -2.30. The molecule has 0 saturated carbocycles. The molecule has 0 aliphatic carbocycles. The highest BCUT2D eigenvalue weighted by atomic mass is 35.5. The Balaban J connectivity index is 1.78. The Morgan fingerprint density at radius 3 is 2.19 bits per heavy atom. The van der Waals surface area contributed by atoms with E-state index in [0.29, 0.717) is 13.1 Å². The number of carbonyl (C=O) groups is 1. The number of benzene rings is 2. The summed E-state index contributed by atoms with van der Waals surface area (Å²) >= 11 is 6.10. The molecule has 31 heavy (non-hydrogen) atoms. The number of sulfonamides is 1. The minimum atomic E-state index is -4.82. The Morgan fingerprint density at radius 2 is 1.61 bits per heavy atom. The zero-order valence-corrected chi connectivity index (χ0v) is 17.9. The number of anilines is 1. The van der Waals surface area contributed by atoms with E-state index in [2.05, 4.69) is 10.1 Å². The van der Waals surface area contributed by atoms with Crippen LogP contribution in [-0.2, 0) is 10.0 Å². The summed E-state index contributed by atoms with van der Waals surface area (Å²) in [6.45, 7) is 0.831. The molecular formula is C20H20ClF3N2O4S. The molecule has 1 aliphatic rings. The van der Waals surface area contributed by atoms with E-state index in [1.54, 1.807) is 0 Å². The summed E-state index contributed by atoms with van der Waals surface area (Å²) in [4.78, 5) is 12.6. The highest BCUT2D eigenvalue weighted by Crippen LogP contribution is 2.27. The topological polar surface area (TPSA) is 75.7 Å². The van der Waals surface area contributed by atoms with Crippen molar-refractivity contribution in [2.75, 3.05) is 18.4 Å². The van der Waals surface area contributed by atoms with Gasteiger partial charge in [-0.1, -0.05) is 24.4 Å². The van der Waals surface area contributed by atoms with Crippen LogP contribution in [0, 0.1) is 0 Å². The first-order chi connectivity index (χ1) is 14.6. The van der Waals surface area contributed by atoms with Crippen molar-refractivity contribution in [1.29, 1.82) is 0 Å². The molecule has 1 fully saturated rings. The third-order valence-electron chi connectivity index (χ3n) is 4.73. The highest BCUT2D eigenvalue weighted by Gasteiger charge is 2.31. The van der Waals surface area contributed by atoms with Crippen molar-refractivity contribution in [3.05, 3.63) is 53.1 Å². The molecule has 11 heteroatoms. The predicted molar refractivity (Wildman–Crippen MR) is 110 cm³/mol. The maximum Gasteiger partial charge on any atom is 0.573 e. The molecule has 0 radical (unpaired) electrons. The second-order valence-corrected chi connectivity index (χ2v) is 9.33. The summed E-state index contributed by atoms with van der Waals surface area (Å²) in [6, 6.07) is 8.44. The summed E-state index contributed by atoms with van der Waals surface area (Å²) < 4.78 is 67.9. The SMILES string of the molecule is O=C(Nc1ccc(OC(F)(F)F)cc1)c1cc(S(=O)(=O)N2CCCCCC2)ccc1Cl. The zero-order valence-electron chi connectivity index (χ0n) is 16.3. The Labute approximate surface area is 183 Å². The number of nitrogens with one attached hydrogen (secondary N) is 1. The van der Waals surface area contributed by atoms with Crippen LogP contribution in [0.3, 0.4) is 0 Å². The van der Waals surface area contributed by atoms with Gasteiger partial charge in [-0.3, -0.25) is 4.79 Å². The maximum absolute atomic E-state index is 13.0.